The molecule has 1 unspecified atom stereocenters. The van der Waals surface area contributed by atoms with Gasteiger partial charge in [-0.05, 0) is 55.6 Å². The Morgan fingerprint density at radius 1 is 1.00 bits per heavy atom. The topological polar surface area (TPSA) is 12.0 Å². The quantitative estimate of drug-likeness (QED) is 0.801. The molecule has 0 bridgehead atoms. The summed E-state index contributed by atoms with van der Waals surface area (Å²) in [7, 11) is 0. The highest BCUT2D eigenvalue weighted by molar-refractivity contribution is 7.11. The molecule has 2 aromatic rings. The van der Waals surface area contributed by atoms with Crippen molar-refractivity contribution in [3.8, 4) is 0 Å². The molecular weight excluding hydrogens is 288 g/mol. The van der Waals surface area contributed by atoms with Crippen molar-refractivity contribution in [1.82, 2.24) is 5.32 Å². The Hall–Kier alpha value is -1.26. The van der Waals surface area contributed by atoms with Gasteiger partial charge in [0.05, 0.1) is 0 Å². The predicted molar refractivity (Wildman–Crippen MR) is 84.9 cm³/mol. The zero-order valence-electron chi connectivity index (χ0n) is 12.5. The SMILES string of the molecule is CCNC(Cc1ccc(F)c(F)c1)Cc1ccc(CC)s1. The van der Waals surface area contributed by atoms with Crippen LogP contribution in [0.3, 0.4) is 0 Å². The first-order chi connectivity index (χ1) is 10.1. The summed E-state index contributed by atoms with van der Waals surface area (Å²) >= 11 is 1.83. The van der Waals surface area contributed by atoms with Crippen LogP contribution in [0.4, 0.5) is 8.78 Å². The number of halogens is 2. The molecule has 2 rings (SSSR count). The van der Waals surface area contributed by atoms with E-state index in [4.69, 9.17) is 0 Å². The summed E-state index contributed by atoms with van der Waals surface area (Å²) in [5.74, 6) is -1.56. The molecule has 0 aliphatic rings. The van der Waals surface area contributed by atoms with Gasteiger partial charge in [-0.3, -0.25) is 0 Å². The Kier molecular flexibility index (Phi) is 5.88. The third-order valence-corrected chi connectivity index (χ3v) is 4.72. The molecule has 0 fully saturated rings. The van der Waals surface area contributed by atoms with Crippen LogP contribution in [-0.2, 0) is 19.3 Å². The van der Waals surface area contributed by atoms with Crippen molar-refractivity contribution in [3.63, 3.8) is 0 Å². The predicted octanol–water partition coefficient (Wildman–Crippen LogP) is 4.35. The minimum absolute atomic E-state index is 0.239. The van der Waals surface area contributed by atoms with Crippen molar-refractivity contribution >= 4 is 11.3 Å². The highest BCUT2D eigenvalue weighted by Gasteiger charge is 2.12. The molecule has 0 saturated heterocycles. The van der Waals surface area contributed by atoms with Gasteiger partial charge in [0.1, 0.15) is 0 Å². The molecule has 0 aliphatic carbocycles. The maximum absolute atomic E-state index is 13.3. The van der Waals surface area contributed by atoms with Crippen LogP contribution in [0.1, 0.15) is 29.2 Å². The number of aryl methyl sites for hydroxylation is 1. The lowest BCUT2D eigenvalue weighted by Gasteiger charge is -2.17. The van der Waals surface area contributed by atoms with Crippen LogP contribution in [0.25, 0.3) is 0 Å². The van der Waals surface area contributed by atoms with Gasteiger partial charge in [-0.25, -0.2) is 8.78 Å². The molecular formula is C17H21F2NS. The number of rotatable bonds is 7. The zero-order valence-corrected chi connectivity index (χ0v) is 13.3. The van der Waals surface area contributed by atoms with E-state index < -0.39 is 11.6 Å². The maximum Gasteiger partial charge on any atom is 0.159 e. The lowest BCUT2D eigenvalue weighted by atomic mass is 10.0. The van der Waals surface area contributed by atoms with E-state index in [0.29, 0.717) is 6.42 Å². The second kappa shape index (κ2) is 7.66. The number of likely N-dealkylation sites (N-methyl/N-ethyl adjacent to an activating group) is 1. The van der Waals surface area contributed by atoms with Crippen molar-refractivity contribution in [3.05, 3.63) is 57.3 Å². The molecule has 1 nitrogen and oxygen atoms in total. The monoisotopic (exact) mass is 309 g/mol. The second-order valence-corrected chi connectivity index (χ2v) is 6.39. The fourth-order valence-corrected chi connectivity index (χ4v) is 3.46. The van der Waals surface area contributed by atoms with Gasteiger partial charge in [-0.15, -0.1) is 11.3 Å². The second-order valence-electron chi connectivity index (χ2n) is 5.13. The maximum atomic E-state index is 13.3. The van der Waals surface area contributed by atoms with E-state index in [1.54, 1.807) is 6.07 Å². The molecule has 0 spiro atoms. The zero-order chi connectivity index (χ0) is 15.2. The van der Waals surface area contributed by atoms with Gasteiger partial charge >= 0.3 is 0 Å². The standard InChI is InChI=1S/C17H21F2NS/c1-3-14-6-7-15(21-14)11-13(20-4-2)9-12-5-8-16(18)17(19)10-12/h5-8,10,13,20H,3-4,9,11H2,1-2H3. The summed E-state index contributed by atoms with van der Waals surface area (Å²) in [6, 6.07) is 8.73. The highest BCUT2D eigenvalue weighted by Crippen LogP contribution is 2.20. The molecule has 4 heteroatoms. The molecule has 21 heavy (non-hydrogen) atoms. The third kappa shape index (κ3) is 4.61. The molecule has 0 radical (unpaired) electrons. The van der Waals surface area contributed by atoms with Gasteiger partial charge in [-0.2, -0.15) is 0 Å². The summed E-state index contributed by atoms with van der Waals surface area (Å²) in [6.45, 7) is 5.07. The highest BCUT2D eigenvalue weighted by atomic mass is 32.1. The largest absolute Gasteiger partial charge is 0.314 e. The Bertz CT molecular complexity index is 580. The van der Waals surface area contributed by atoms with E-state index >= 15 is 0 Å². The van der Waals surface area contributed by atoms with Crippen LogP contribution in [0.15, 0.2) is 30.3 Å². The number of hydrogen-bond acceptors (Lipinski definition) is 2. The van der Waals surface area contributed by atoms with Crippen LogP contribution in [0.2, 0.25) is 0 Å². The van der Waals surface area contributed by atoms with Gasteiger partial charge in [0.15, 0.2) is 11.6 Å². The Balaban J connectivity index is 2.05. The first kappa shape index (κ1) is 16.1. The van der Waals surface area contributed by atoms with Crippen molar-refractivity contribution in [2.45, 2.75) is 39.2 Å². The number of nitrogens with one attached hydrogen (secondary N) is 1. The molecule has 1 N–H and O–H groups in total. The smallest absolute Gasteiger partial charge is 0.159 e. The van der Waals surface area contributed by atoms with E-state index in [2.05, 4.69) is 31.3 Å². The Morgan fingerprint density at radius 2 is 1.76 bits per heavy atom. The summed E-state index contributed by atoms with van der Waals surface area (Å²) in [4.78, 5) is 2.72. The third-order valence-electron chi connectivity index (χ3n) is 3.47. The van der Waals surface area contributed by atoms with Gasteiger partial charge in [-0.1, -0.05) is 19.9 Å². The van der Waals surface area contributed by atoms with E-state index in [0.717, 1.165) is 24.9 Å². The average molecular weight is 309 g/mol. The van der Waals surface area contributed by atoms with Crippen molar-refractivity contribution in [2.75, 3.05) is 6.54 Å². The van der Waals surface area contributed by atoms with E-state index in [-0.39, 0.29) is 6.04 Å². The molecule has 114 valence electrons. The molecule has 1 atom stereocenters. The summed E-state index contributed by atoms with van der Waals surface area (Å²) < 4.78 is 26.3. The summed E-state index contributed by atoms with van der Waals surface area (Å²) in [5.41, 5.74) is 0.826. The Morgan fingerprint density at radius 3 is 2.38 bits per heavy atom. The molecule has 1 aromatic heterocycles. The van der Waals surface area contributed by atoms with Crippen LogP contribution in [-0.4, -0.2) is 12.6 Å². The molecule has 0 aliphatic heterocycles. The minimum Gasteiger partial charge on any atom is -0.314 e. The number of hydrogen-bond donors (Lipinski definition) is 1. The van der Waals surface area contributed by atoms with Crippen molar-refractivity contribution in [2.24, 2.45) is 0 Å². The van der Waals surface area contributed by atoms with E-state index in [1.807, 2.05) is 11.3 Å². The average Bonchev–Trinajstić information content (AvgIpc) is 2.91. The fraction of sp³-hybridized carbons (Fsp3) is 0.412. The van der Waals surface area contributed by atoms with Crippen LogP contribution in [0, 0.1) is 11.6 Å². The Labute approximate surface area is 129 Å². The van der Waals surface area contributed by atoms with E-state index in [9.17, 15) is 8.78 Å². The van der Waals surface area contributed by atoms with Crippen LogP contribution >= 0.6 is 11.3 Å². The first-order valence-electron chi connectivity index (χ1n) is 7.37. The van der Waals surface area contributed by atoms with Gasteiger partial charge in [0, 0.05) is 15.8 Å². The van der Waals surface area contributed by atoms with Gasteiger partial charge in [0.25, 0.3) is 0 Å². The molecule has 1 heterocycles. The molecule has 1 aromatic carbocycles. The summed E-state index contributed by atoms with van der Waals surface area (Å²) in [6.07, 6.45) is 2.67. The van der Waals surface area contributed by atoms with Crippen LogP contribution < -0.4 is 5.32 Å². The van der Waals surface area contributed by atoms with Crippen LogP contribution in [0.5, 0.6) is 0 Å². The number of benzene rings is 1. The summed E-state index contributed by atoms with van der Waals surface area (Å²) in [5, 5.41) is 3.43. The lowest BCUT2D eigenvalue weighted by molar-refractivity contribution is 0.498. The van der Waals surface area contributed by atoms with Gasteiger partial charge < -0.3 is 5.32 Å². The fourth-order valence-electron chi connectivity index (χ4n) is 2.42. The normalized spacial score (nSPS) is 12.6. The van der Waals surface area contributed by atoms with Crippen molar-refractivity contribution < 1.29 is 8.78 Å². The van der Waals surface area contributed by atoms with Crippen molar-refractivity contribution in [1.29, 1.82) is 0 Å². The lowest BCUT2D eigenvalue weighted by Crippen LogP contribution is -2.32. The molecule has 0 amide bonds. The molecule has 0 saturated carbocycles. The van der Waals surface area contributed by atoms with E-state index in [1.165, 1.54) is 21.9 Å². The minimum atomic E-state index is -0.787. The van der Waals surface area contributed by atoms with Gasteiger partial charge in [0.2, 0.25) is 0 Å². The number of thiophene rings is 1. The first-order valence-corrected chi connectivity index (χ1v) is 8.19.